The molecule has 0 radical (unpaired) electrons. The number of amides is 1. The van der Waals surface area contributed by atoms with Crippen LogP contribution in [0.2, 0.25) is 0 Å². The molecule has 1 N–H and O–H groups in total. The average Bonchev–Trinajstić information content (AvgIpc) is 3.14. The number of benzene rings is 1. The number of furan rings is 1. The van der Waals surface area contributed by atoms with Gasteiger partial charge in [-0.05, 0) is 19.4 Å². The zero-order valence-corrected chi connectivity index (χ0v) is 13.1. The molecule has 1 aromatic carbocycles. The van der Waals surface area contributed by atoms with Gasteiger partial charge in [-0.25, -0.2) is 0 Å². The summed E-state index contributed by atoms with van der Waals surface area (Å²) in [5, 5.41) is 12.1. The molecular formula is C16H15N3O2S. The van der Waals surface area contributed by atoms with E-state index in [0.717, 1.165) is 17.0 Å². The van der Waals surface area contributed by atoms with E-state index in [4.69, 9.17) is 4.42 Å². The molecule has 3 rings (SSSR count). The monoisotopic (exact) mass is 313 g/mol. The van der Waals surface area contributed by atoms with Crippen molar-refractivity contribution in [1.29, 1.82) is 0 Å². The maximum absolute atomic E-state index is 12.3. The van der Waals surface area contributed by atoms with E-state index >= 15 is 0 Å². The number of carbonyl (C=O) groups excluding carboxylic acids is 1. The number of carbonyl (C=O) groups is 1. The molecule has 2 aromatic heterocycles. The second-order valence-corrected chi connectivity index (χ2v) is 5.82. The number of hydrogen-bond acceptors (Lipinski definition) is 5. The minimum atomic E-state index is -0.234. The molecule has 0 unspecified atom stereocenters. The van der Waals surface area contributed by atoms with Gasteiger partial charge in [0, 0.05) is 5.56 Å². The average molecular weight is 313 g/mol. The summed E-state index contributed by atoms with van der Waals surface area (Å²) in [5.74, 6) is 1.02. The maximum Gasteiger partial charge on any atom is 0.261 e. The Balaban J connectivity index is 1.82. The van der Waals surface area contributed by atoms with Crippen LogP contribution in [0.5, 0.6) is 0 Å². The van der Waals surface area contributed by atoms with Crippen LogP contribution in [0.1, 0.15) is 28.0 Å². The Morgan fingerprint density at radius 2 is 2.05 bits per heavy atom. The lowest BCUT2D eigenvalue weighted by molar-refractivity contribution is 0.102. The van der Waals surface area contributed by atoms with Gasteiger partial charge in [-0.2, -0.15) is 0 Å². The summed E-state index contributed by atoms with van der Waals surface area (Å²) >= 11 is 1.38. The first-order valence-corrected chi connectivity index (χ1v) is 7.78. The molecule has 0 bridgehead atoms. The largest absolute Gasteiger partial charge is 0.461 e. The lowest BCUT2D eigenvalue weighted by Gasteiger charge is -1.98. The first-order valence-electron chi connectivity index (χ1n) is 6.97. The molecule has 0 aliphatic carbocycles. The summed E-state index contributed by atoms with van der Waals surface area (Å²) in [4.78, 5) is 12.3. The van der Waals surface area contributed by atoms with Crippen molar-refractivity contribution in [1.82, 2.24) is 10.2 Å². The van der Waals surface area contributed by atoms with Crippen LogP contribution >= 0.6 is 11.3 Å². The van der Waals surface area contributed by atoms with Gasteiger partial charge in [-0.1, -0.05) is 48.6 Å². The Hall–Kier alpha value is -2.47. The number of hydrogen-bond donors (Lipinski definition) is 1. The van der Waals surface area contributed by atoms with E-state index < -0.39 is 0 Å². The predicted octanol–water partition coefficient (Wildman–Crippen LogP) is 3.92. The van der Waals surface area contributed by atoms with Crippen molar-refractivity contribution in [3.63, 3.8) is 0 Å². The summed E-state index contributed by atoms with van der Waals surface area (Å²) in [5.41, 5.74) is 1.45. The third-order valence-corrected chi connectivity index (χ3v) is 4.19. The third-order valence-electron chi connectivity index (χ3n) is 3.21. The third kappa shape index (κ3) is 2.92. The second-order valence-electron chi connectivity index (χ2n) is 4.76. The summed E-state index contributed by atoms with van der Waals surface area (Å²) in [7, 11) is 0. The molecule has 112 valence electrons. The number of aryl methyl sites for hydroxylation is 2. The van der Waals surface area contributed by atoms with Crippen LogP contribution in [0.4, 0.5) is 5.13 Å². The Kier molecular flexibility index (Phi) is 4.02. The quantitative estimate of drug-likeness (QED) is 0.792. The van der Waals surface area contributed by atoms with Gasteiger partial charge in [0.2, 0.25) is 5.13 Å². The highest BCUT2D eigenvalue weighted by Crippen LogP contribution is 2.26. The smallest absolute Gasteiger partial charge is 0.261 e. The normalized spacial score (nSPS) is 10.6. The van der Waals surface area contributed by atoms with Crippen molar-refractivity contribution < 1.29 is 9.21 Å². The number of nitrogens with zero attached hydrogens (tertiary/aromatic N) is 2. The number of nitrogens with one attached hydrogen (secondary N) is 1. The lowest BCUT2D eigenvalue weighted by Crippen LogP contribution is -2.11. The predicted molar refractivity (Wildman–Crippen MR) is 86.1 cm³/mol. The highest BCUT2D eigenvalue weighted by Gasteiger charge is 2.17. The SMILES string of the molecule is CCc1nnc(NC(=O)c2cc(-c3ccccc3)oc2C)s1. The first kappa shape index (κ1) is 14.5. The Morgan fingerprint density at radius 1 is 1.27 bits per heavy atom. The van der Waals surface area contributed by atoms with Gasteiger partial charge >= 0.3 is 0 Å². The van der Waals surface area contributed by atoms with Crippen LogP contribution in [-0.4, -0.2) is 16.1 Å². The van der Waals surface area contributed by atoms with Crippen LogP contribution in [0.25, 0.3) is 11.3 Å². The molecule has 0 aliphatic rings. The lowest BCUT2D eigenvalue weighted by atomic mass is 10.1. The number of aromatic nitrogens is 2. The highest BCUT2D eigenvalue weighted by atomic mass is 32.1. The summed E-state index contributed by atoms with van der Waals surface area (Å²) < 4.78 is 5.69. The molecule has 3 aromatic rings. The second kappa shape index (κ2) is 6.11. The van der Waals surface area contributed by atoms with Crippen molar-refractivity contribution in [2.75, 3.05) is 5.32 Å². The molecule has 0 saturated carbocycles. The molecule has 2 heterocycles. The van der Waals surface area contributed by atoms with Crippen LogP contribution in [0, 0.1) is 6.92 Å². The van der Waals surface area contributed by atoms with Gasteiger partial charge in [0.05, 0.1) is 5.56 Å². The van der Waals surface area contributed by atoms with Crippen molar-refractivity contribution in [3.8, 4) is 11.3 Å². The molecule has 0 saturated heterocycles. The molecule has 0 aliphatic heterocycles. The zero-order valence-electron chi connectivity index (χ0n) is 12.3. The van der Waals surface area contributed by atoms with Crippen LogP contribution in [-0.2, 0) is 6.42 Å². The van der Waals surface area contributed by atoms with Gasteiger partial charge in [-0.3, -0.25) is 10.1 Å². The van der Waals surface area contributed by atoms with E-state index in [9.17, 15) is 4.79 Å². The van der Waals surface area contributed by atoms with E-state index in [1.54, 1.807) is 13.0 Å². The van der Waals surface area contributed by atoms with Crippen LogP contribution in [0.3, 0.4) is 0 Å². The fourth-order valence-corrected chi connectivity index (χ4v) is 2.74. The fourth-order valence-electron chi connectivity index (χ4n) is 2.06. The Bertz CT molecular complexity index is 793. The Morgan fingerprint density at radius 3 is 2.73 bits per heavy atom. The molecule has 0 atom stereocenters. The highest BCUT2D eigenvalue weighted by molar-refractivity contribution is 7.15. The van der Waals surface area contributed by atoms with Gasteiger partial charge < -0.3 is 4.42 Å². The fraction of sp³-hybridized carbons (Fsp3) is 0.188. The first-order chi connectivity index (χ1) is 10.7. The standard InChI is InChI=1S/C16H15N3O2S/c1-3-14-18-19-16(22-14)17-15(20)12-9-13(21-10(12)2)11-7-5-4-6-8-11/h4-9H,3H2,1-2H3,(H,17,19,20). The molecule has 5 nitrogen and oxygen atoms in total. The molecule has 0 fully saturated rings. The topological polar surface area (TPSA) is 68.0 Å². The van der Waals surface area contributed by atoms with Crippen LogP contribution < -0.4 is 5.32 Å². The number of rotatable bonds is 4. The van der Waals surface area contributed by atoms with E-state index in [1.807, 2.05) is 37.3 Å². The van der Waals surface area contributed by atoms with E-state index in [1.165, 1.54) is 11.3 Å². The van der Waals surface area contributed by atoms with Gasteiger partial charge in [-0.15, -0.1) is 10.2 Å². The molecule has 1 amide bonds. The van der Waals surface area contributed by atoms with E-state index in [-0.39, 0.29) is 5.91 Å². The maximum atomic E-state index is 12.3. The number of anilines is 1. The summed E-state index contributed by atoms with van der Waals surface area (Å²) in [6.07, 6.45) is 0.802. The van der Waals surface area contributed by atoms with Crippen molar-refractivity contribution in [3.05, 3.63) is 52.7 Å². The zero-order chi connectivity index (χ0) is 15.5. The van der Waals surface area contributed by atoms with Gasteiger partial charge in [0.15, 0.2) is 0 Å². The molecule has 6 heteroatoms. The molecule has 0 spiro atoms. The summed E-state index contributed by atoms with van der Waals surface area (Å²) in [6, 6.07) is 11.4. The van der Waals surface area contributed by atoms with E-state index in [2.05, 4.69) is 15.5 Å². The minimum Gasteiger partial charge on any atom is -0.461 e. The minimum absolute atomic E-state index is 0.234. The van der Waals surface area contributed by atoms with Crippen molar-refractivity contribution in [2.45, 2.75) is 20.3 Å². The van der Waals surface area contributed by atoms with Crippen molar-refractivity contribution >= 4 is 22.4 Å². The van der Waals surface area contributed by atoms with Gasteiger partial charge in [0.1, 0.15) is 16.5 Å². The van der Waals surface area contributed by atoms with Gasteiger partial charge in [0.25, 0.3) is 5.91 Å². The molecular weight excluding hydrogens is 298 g/mol. The summed E-state index contributed by atoms with van der Waals surface area (Å²) in [6.45, 7) is 3.78. The van der Waals surface area contributed by atoms with Crippen LogP contribution in [0.15, 0.2) is 40.8 Å². The van der Waals surface area contributed by atoms with Crippen molar-refractivity contribution in [2.24, 2.45) is 0 Å². The molecule has 22 heavy (non-hydrogen) atoms. The Labute approximate surface area is 132 Å². The van der Waals surface area contributed by atoms with E-state index in [0.29, 0.717) is 22.2 Å².